The van der Waals surface area contributed by atoms with Crippen LogP contribution in [0.5, 0.6) is 0 Å². The Morgan fingerprint density at radius 2 is 1.08 bits per heavy atom. The number of nitrogens with zero attached hydrogens (tertiary/aromatic N) is 1. The fraction of sp³-hybridized carbons (Fsp3) is 0. The third-order valence-electron chi connectivity index (χ3n) is 9.50. The molecule has 0 aliphatic heterocycles. The molecule has 0 fully saturated rings. The lowest BCUT2D eigenvalue weighted by atomic mass is 9.96. The van der Waals surface area contributed by atoms with Crippen LogP contribution in [0.4, 0.5) is 17.1 Å². The Bertz CT molecular complexity index is 2640. The number of nitrogens with two attached hydrogens (primary N) is 1. The number of fused-ring (bicyclic) bond motifs is 4. The summed E-state index contributed by atoms with van der Waals surface area (Å²) in [4.78, 5) is 0. The quantitative estimate of drug-likeness (QED) is 0.180. The summed E-state index contributed by atoms with van der Waals surface area (Å²) in [6, 6.07) is 64.5. The number of anilines is 3. The minimum atomic E-state index is 0.763. The average Bonchev–Trinajstić information content (AvgIpc) is 3.47. The summed E-state index contributed by atoms with van der Waals surface area (Å²) in [6.45, 7) is 0. The van der Waals surface area contributed by atoms with Gasteiger partial charge in [0, 0.05) is 44.6 Å². The van der Waals surface area contributed by atoms with E-state index in [0.29, 0.717) is 0 Å². The molecule has 0 spiro atoms. The van der Waals surface area contributed by atoms with Crippen LogP contribution in [0.3, 0.4) is 0 Å². The topological polar surface area (TPSA) is 43.0 Å². The predicted octanol–water partition coefficient (Wildman–Crippen LogP) is 12.3. The third-order valence-corrected chi connectivity index (χ3v) is 9.50. The molecular weight excluding hydrogens is 595 g/mol. The first-order valence-electron chi connectivity index (χ1n) is 16.6. The van der Waals surface area contributed by atoms with E-state index in [9.17, 15) is 0 Å². The number of nitrogens with one attached hydrogen (secondary N) is 1. The smallest absolute Gasteiger partial charge is 0.0562 e. The van der Waals surface area contributed by atoms with E-state index in [2.05, 4.69) is 180 Å². The van der Waals surface area contributed by atoms with Gasteiger partial charge >= 0.3 is 0 Å². The normalized spacial score (nSPS) is 11.3. The highest BCUT2D eigenvalue weighted by molar-refractivity contribution is 6.13. The maximum Gasteiger partial charge on any atom is 0.0562 e. The molecule has 0 amide bonds. The second-order valence-electron chi connectivity index (χ2n) is 12.5. The summed E-state index contributed by atoms with van der Waals surface area (Å²) in [7, 11) is 0. The van der Waals surface area contributed by atoms with E-state index in [4.69, 9.17) is 5.73 Å². The molecular formula is C46H33N3. The Morgan fingerprint density at radius 3 is 1.94 bits per heavy atom. The van der Waals surface area contributed by atoms with Crippen LogP contribution in [0.1, 0.15) is 0 Å². The standard InChI is InChI=1S/C46H33N3/c47-43-30-46-42(29-40(43)32-13-3-1-4-14-32)41-28-35(23-25-45(41)49(46)38-24-22-31-12-7-8-15-34(31)27-38)33-16-11-17-36(26-33)39-20-9-10-21-44(39)48-37-18-5-2-6-19-37/h1-30,48H,47H2. The number of nitrogen functional groups attached to an aromatic ring is 1. The molecule has 9 rings (SSSR count). The Morgan fingerprint density at radius 1 is 0.408 bits per heavy atom. The molecule has 3 heteroatoms. The molecule has 0 aliphatic carbocycles. The summed E-state index contributed by atoms with van der Waals surface area (Å²) in [6.07, 6.45) is 0. The van der Waals surface area contributed by atoms with Crippen molar-refractivity contribution in [3.8, 4) is 39.1 Å². The van der Waals surface area contributed by atoms with E-state index in [0.717, 1.165) is 56.0 Å². The summed E-state index contributed by atoms with van der Waals surface area (Å²) in [5, 5.41) is 8.41. The van der Waals surface area contributed by atoms with Crippen molar-refractivity contribution >= 4 is 49.6 Å². The molecule has 0 saturated carbocycles. The largest absolute Gasteiger partial charge is 0.398 e. The lowest BCUT2D eigenvalue weighted by Gasteiger charge is -2.13. The van der Waals surface area contributed by atoms with Crippen molar-refractivity contribution in [2.24, 2.45) is 0 Å². The SMILES string of the molecule is Nc1cc2c(cc1-c1ccccc1)c1cc(-c3cccc(-c4ccccc4Nc4ccccc4)c3)ccc1n2-c1ccc2ccccc2c1. The number of aromatic nitrogens is 1. The van der Waals surface area contributed by atoms with Gasteiger partial charge in [-0.1, -0.05) is 121 Å². The molecule has 0 radical (unpaired) electrons. The summed E-state index contributed by atoms with van der Waals surface area (Å²) in [5.74, 6) is 0. The van der Waals surface area contributed by atoms with Crippen molar-refractivity contribution in [2.75, 3.05) is 11.1 Å². The molecule has 49 heavy (non-hydrogen) atoms. The first-order chi connectivity index (χ1) is 24.2. The second kappa shape index (κ2) is 11.9. The fourth-order valence-corrected chi connectivity index (χ4v) is 7.11. The van der Waals surface area contributed by atoms with Gasteiger partial charge < -0.3 is 15.6 Å². The van der Waals surface area contributed by atoms with Crippen molar-refractivity contribution in [1.82, 2.24) is 4.57 Å². The molecule has 3 N–H and O–H groups in total. The van der Waals surface area contributed by atoms with Gasteiger partial charge in [0.05, 0.1) is 11.0 Å². The van der Waals surface area contributed by atoms with Gasteiger partial charge in [-0.15, -0.1) is 0 Å². The van der Waals surface area contributed by atoms with Crippen molar-refractivity contribution in [1.29, 1.82) is 0 Å². The summed E-state index contributed by atoms with van der Waals surface area (Å²) < 4.78 is 2.36. The van der Waals surface area contributed by atoms with Crippen LogP contribution in [0.15, 0.2) is 182 Å². The molecule has 232 valence electrons. The lowest BCUT2D eigenvalue weighted by Crippen LogP contribution is -1.96. The van der Waals surface area contributed by atoms with Crippen LogP contribution in [0.25, 0.3) is 71.6 Å². The average molecular weight is 628 g/mol. The molecule has 1 heterocycles. The molecule has 3 nitrogen and oxygen atoms in total. The predicted molar refractivity (Wildman–Crippen MR) is 209 cm³/mol. The zero-order valence-corrected chi connectivity index (χ0v) is 26.8. The van der Waals surface area contributed by atoms with Crippen LogP contribution < -0.4 is 11.1 Å². The summed E-state index contributed by atoms with van der Waals surface area (Å²) in [5.41, 5.74) is 19.9. The Kier molecular flexibility index (Phi) is 6.95. The number of rotatable bonds is 6. The molecule has 1 aromatic heterocycles. The lowest BCUT2D eigenvalue weighted by molar-refractivity contribution is 1.19. The number of para-hydroxylation sites is 2. The molecule has 8 aromatic carbocycles. The highest BCUT2D eigenvalue weighted by Gasteiger charge is 2.17. The minimum Gasteiger partial charge on any atom is -0.398 e. The Balaban J connectivity index is 1.22. The first-order valence-corrected chi connectivity index (χ1v) is 16.6. The molecule has 9 aromatic rings. The van der Waals surface area contributed by atoms with Gasteiger partial charge in [0.1, 0.15) is 0 Å². The number of hydrogen-bond donors (Lipinski definition) is 2. The molecule has 0 saturated heterocycles. The Hall–Kier alpha value is -6.58. The molecule has 0 atom stereocenters. The van der Waals surface area contributed by atoms with Crippen LogP contribution in [-0.4, -0.2) is 4.57 Å². The van der Waals surface area contributed by atoms with Crippen molar-refractivity contribution in [3.05, 3.63) is 182 Å². The maximum absolute atomic E-state index is 6.81. The summed E-state index contributed by atoms with van der Waals surface area (Å²) >= 11 is 0. The third kappa shape index (κ3) is 5.18. The molecule has 0 aliphatic rings. The maximum atomic E-state index is 6.81. The van der Waals surface area contributed by atoms with E-state index >= 15 is 0 Å². The van der Waals surface area contributed by atoms with Gasteiger partial charge in [-0.05, 0) is 93.7 Å². The van der Waals surface area contributed by atoms with Gasteiger partial charge in [-0.3, -0.25) is 0 Å². The van der Waals surface area contributed by atoms with E-state index < -0.39 is 0 Å². The van der Waals surface area contributed by atoms with Crippen LogP contribution in [0, 0.1) is 0 Å². The van der Waals surface area contributed by atoms with Crippen LogP contribution in [0.2, 0.25) is 0 Å². The van der Waals surface area contributed by atoms with Gasteiger partial charge in [0.15, 0.2) is 0 Å². The monoisotopic (exact) mass is 627 g/mol. The zero-order valence-electron chi connectivity index (χ0n) is 26.8. The van der Waals surface area contributed by atoms with E-state index in [1.54, 1.807) is 0 Å². The highest BCUT2D eigenvalue weighted by Crippen LogP contribution is 2.41. The zero-order chi connectivity index (χ0) is 32.7. The second-order valence-corrected chi connectivity index (χ2v) is 12.5. The fourth-order valence-electron chi connectivity index (χ4n) is 7.11. The van der Waals surface area contributed by atoms with Crippen LogP contribution in [-0.2, 0) is 0 Å². The van der Waals surface area contributed by atoms with Gasteiger partial charge in [-0.25, -0.2) is 0 Å². The van der Waals surface area contributed by atoms with Gasteiger partial charge in [-0.2, -0.15) is 0 Å². The van der Waals surface area contributed by atoms with Crippen molar-refractivity contribution < 1.29 is 0 Å². The minimum absolute atomic E-state index is 0.763. The molecule has 0 bridgehead atoms. The first kappa shape index (κ1) is 28.6. The van der Waals surface area contributed by atoms with E-state index in [1.165, 1.54) is 32.7 Å². The van der Waals surface area contributed by atoms with Gasteiger partial charge in [0.2, 0.25) is 0 Å². The van der Waals surface area contributed by atoms with E-state index in [-0.39, 0.29) is 0 Å². The van der Waals surface area contributed by atoms with E-state index in [1.807, 2.05) is 12.1 Å². The number of benzene rings is 8. The van der Waals surface area contributed by atoms with Crippen molar-refractivity contribution in [3.63, 3.8) is 0 Å². The Labute approximate surface area is 285 Å². The van der Waals surface area contributed by atoms with Crippen LogP contribution >= 0.6 is 0 Å². The molecule has 0 unspecified atom stereocenters. The number of hydrogen-bond acceptors (Lipinski definition) is 2. The highest BCUT2D eigenvalue weighted by atomic mass is 15.0. The van der Waals surface area contributed by atoms with Crippen molar-refractivity contribution in [2.45, 2.75) is 0 Å². The van der Waals surface area contributed by atoms with Gasteiger partial charge in [0.25, 0.3) is 0 Å².